The molecule has 2 aromatic rings. The Labute approximate surface area is 106 Å². The van der Waals surface area contributed by atoms with Gasteiger partial charge in [-0.3, -0.25) is 4.68 Å². The molecule has 0 fully saturated rings. The molecule has 0 atom stereocenters. The molecule has 0 radical (unpaired) electrons. The summed E-state index contributed by atoms with van der Waals surface area (Å²) >= 11 is 0. The quantitative estimate of drug-likeness (QED) is 0.833. The van der Waals surface area contributed by atoms with Gasteiger partial charge in [0.05, 0.1) is 12.3 Å². The second-order valence-electron chi connectivity index (χ2n) is 4.21. The van der Waals surface area contributed by atoms with Crippen LogP contribution in [0, 0.1) is 0 Å². The fourth-order valence-corrected chi connectivity index (χ4v) is 1.68. The van der Waals surface area contributed by atoms with E-state index in [-0.39, 0.29) is 12.6 Å². The van der Waals surface area contributed by atoms with Crippen molar-refractivity contribution < 1.29 is 5.11 Å². The molecule has 0 amide bonds. The highest BCUT2D eigenvalue weighted by atomic mass is 16.3. The Morgan fingerprint density at radius 1 is 1.28 bits per heavy atom. The Morgan fingerprint density at radius 3 is 2.72 bits per heavy atom. The Balaban J connectivity index is 2.21. The summed E-state index contributed by atoms with van der Waals surface area (Å²) in [7, 11) is 0. The van der Waals surface area contributed by atoms with Crippen LogP contribution in [0.5, 0.6) is 0 Å². The van der Waals surface area contributed by atoms with Crippen molar-refractivity contribution in [2.75, 3.05) is 18.5 Å². The normalized spacial score (nSPS) is 10.9. The molecule has 2 heterocycles. The predicted octanol–water partition coefficient (Wildman–Crippen LogP) is 1.33. The number of nitrogens with zero attached hydrogens (tertiary/aromatic N) is 4. The second kappa shape index (κ2) is 5.59. The third kappa shape index (κ3) is 2.65. The van der Waals surface area contributed by atoms with Crippen LogP contribution in [0.2, 0.25) is 0 Å². The molecule has 0 saturated heterocycles. The third-order valence-electron chi connectivity index (χ3n) is 2.50. The van der Waals surface area contributed by atoms with Crippen LogP contribution < -0.4 is 5.32 Å². The first kappa shape index (κ1) is 12.5. The molecule has 0 bridgehead atoms. The Kier molecular flexibility index (Phi) is 3.88. The highest BCUT2D eigenvalue weighted by Gasteiger charge is 2.09. The second-order valence-corrected chi connectivity index (χ2v) is 4.21. The molecule has 0 aromatic carbocycles. The van der Waals surface area contributed by atoms with Gasteiger partial charge in [0.1, 0.15) is 11.5 Å². The van der Waals surface area contributed by atoms with E-state index in [0.29, 0.717) is 12.4 Å². The lowest BCUT2D eigenvalue weighted by Crippen LogP contribution is -2.08. The van der Waals surface area contributed by atoms with E-state index in [0.717, 1.165) is 11.4 Å². The fraction of sp³-hybridized carbons (Fsp3) is 0.417. The summed E-state index contributed by atoms with van der Waals surface area (Å²) in [5.41, 5.74) is 1.74. The average Bonchev–Trinajstić information content (AvgIpc) is 2.86. The van der Waals surface area contributed by atoms with Crippen molar-refractivity contribution >= 4 is 5.82 Å². The molecule has 2 N–H and O–H groups in total. The Hall–Kier alpha value is -1.95. The van der Waals surface area contributed by atoms with Gasteiger partial charge in [0.15, 0.2) is 0 Å². The molecule has 6 nitrogen and oxygen atoms in total. The maximum Gasteiger partial charge on any atom is 0.148 e. The van der Waals surface area contributed by atoms with Gasteiger partial charge in [-0.15, -0.1) is 10.2 Å². The van der Waals surface area contributed by atoms with E-state index in [1.165, 1.54) is 0 Å². The number of aromatic nitrogens is 4. The van der Waals surface area contributed by atoms with Crippen molar-refractivity contribution in [1.29, 1.82) is 0 Å². The third-order valence-corrected chi connectivity index (χ3v) is 2.50. The summed E-state index contributed by atoms with van der Waals surface area (Å²) in [6.07, 6.45) is 1.76. The van der Waals surface area contributed by atoms with Gasteiger partial charge in [-0.05, 0) is 32.0 Å². The van der Waals surface area contributed by atoms with Crippen molar-refractivity contribution in [3.63, 3.8) is 0 Å². The maximum absolute atomic E-state index is 8.71. The zero-order chi connectivity index (χ0) is 13.0. The average molecular weight is 247 g/mol. The summed E-state index contributed by atoms with van der Waals surface area (Å²) in [6.45, 7) is 4.68. The predicted molar refractivity (Wildman–Crippen MR) is 69.2 cm³/mol. The number of aliphatic hydroxyl groups excluding tert-OH is 1. The summed E-state index contributed by atoms with van der Waals surface area (Å²) < 4.78 is 1.91. The van der Waals surface area contributed by atoms with Crippen LogP contribution in [0.15, 0.2) is 24.4 Å². The standard InChI is InChI=1S/C12H17N5O/c1-9(2)17-11(5-6-14-17)10-3-4-12(16-15-10)13-7-8-18/h3-6,9,18H,7-8H2,1-2H3,(H,13,16). The number of hydrogen-bond acceptors (Lipinski definition) is 5. The Morgan fingerprint density at radius 2 is 2.11 bits per heavy atom. The molecule has 18 heavy (non-hydrogen) atoms. The van der Waals surface area contributed by atoms with Crippen LogP contribution in [-0.2, 0) is 0 Å². The minimum absolute atomic E-state index is 0.0730. The summed E-state index contributed by atoms with van der Waals surface area (Å²) in [5, 5.41) is 24.2. The van der Waals surface area contributed by atoms with Gasteiger partial charge in [-0.25, -0.2) is 0 Å². The van der Waals surface area contributed by atoms with Crippen molar-refractivity contribution in [2.24, 2.45) is 0 Å². The summed E-state index contributed by atoms with van der Waals surface area (Å²) in [6, 6.07) is 5.94. The molecule has 0 unspecified atom stereocenters. The molecule has 96 valence electrons. The zero-order valence-electron chi connectivity index (χ0n) is 10.5. The van der Waals surface area contributed by atoms with E-state index >= 15 is 0 Å². The summed E-state index contributed by atoms with van der Waals surface area (Å²) in [4.78, 5) is 0. The number of aliphatic hydroxyl groups is 1. The number of hydrogen-bond donors (Lipinski definition) is 2. The van der Waals surface area contributed by atoms with Gasteiger partial charge in [0.25, 0.3) is 0 Å². The number of rotatable bonds is 5. The van der Waals surface area contributed by atoms with E-state index < -0.39 is 0 Å². The molecule has 0 saturated carbocycles. The van der Waals surface area contributed by atoms with Crippen molar-refractivity contribution in [1.82, 2.24) is 20.0 Å². The van der Waals surface area contributed by atoms with Gasteiger partial charge in [-0.1, -0.05) is 0 Å². The SMILES string of the molecule is CC(C)n1nccc1-c1ccc(NCCO)nn1. The molecule has 0 aliphatic heterocycles. The van der Waals surface area contributed by atoms with Crippen LogP contribution in [0.3, 0.4) is 0 Å². The molecule has 2 rings (SSSR count). The first-order valence-electron chi connectivity index (χ1n) is 5.94. The van der Waals surface area contributed by atoms with Crippen molar-refractivity contribution in [3.05, 3.63) is 24.4 Å². The van der Waals surface area contributed by atoms with Crippen molar-refractivity contribution in [3.8, 4) is 11.4 Å². The van der Waals surface area contributed by atoms with E-state index in [1.807, 2.05) is 22.9 Å². The molecule has 0 spiro atoms. The van der Waals surface area contributed by atoms with Crippen molar-refractivity contribution in [2.45, 2.75) is 19.9 Å². The highest BCUT2D eigenvalue weighted by molar-refractivity contribution is 5.55. The van der Waals surface area contributed by atoms with Crippen LogP contribution in [-0.4, -0.2) is 38.2 Å². The highest BCUT2D eigenvalue weighted by Crippen LogP contribution is 2.19. The van der Waals surface area contributed by atoms with E-state index in [4.69, 9.17) is 5.11 Å². The maximum atomic E-state index is 8.71. The lowest BCUT2D eigenvalue weighted by atomic mass is 10.2. The molecular formula is C12H17N5O. The van der Waals surface area contributed by atoms with E-state index in [9.17, 15) is 0 Å². The topological polar surface area (TPSA) is 75.9 Å². The van der Waals surface area contributed by atoms with Crippen LogP contribution in [0.25, 0.3) is 11.4 Å². The van der Waals surface area contributed by atoms with Gasteiger partial charge < -0.3 is 10.4 Å². The summed E-state index contributed by atoms with van der Waals surface area (Å²) in [5.74, 6) is 0.656. The lowest BCUT2D eigenvalue weighted by molar-refractivity contribution is 0.311. The molecule has 0 aliphatic carbocycles. The van der Waals surface area contributed by atoms with Crippen LogP contribution in [0.1, 0.15) is 19.9 Å². The smallest absolute Gasteiger partial charge is 0.148 e. The first-order valence-corrected chi connectivity index (χ1v) is 5.94. The van der Waals surface area contributed by atoms with Crippen LogP contribution in [0.4, 0.5) is 5.82 Å². The van der Waals surface area contributed by atoms with Gasteiger partial charge >= 0.3 is 0 Å². The largest absolute Gasteiger partial charge is 0.395 e. The van der Waals surface area contributed by atoms with Crippen LogP contribution >= 0.6 is 0 Å². The molecule has 0 aliphatic rings. The molecular weight excluding hydrogens is 230 g/mol. The molecule has 6 heteroatoms. The minimum atomic E-state index is 0.0730. The zero-order valence-corrected chi connectivity index (χ0v) is 10.5. The first-order chi connectivity index (χ1) is 8.72. The Bertz CT molecular complexity index is 491. The monoisotopic (exact) mass is 247 g/mol. The van der Waals surface area contributed by atoms with Gasteiger partial charge in [0.2, 0.25) is 0 Å². The van der Waals surface area contributed by atoms with Gasteiger partial charge in [-0.2, -0.15) is 5.10 Å². The van der Waals surface area contributed by atoms with Gasteiger partial charge in [0, 0.05) is 18.8 Å². The minimum Gasteiger partial charge on any atom is -0.395 e. The van der Waals surface area contributed by atoms with E-state index in [1.54, 1.807) is 6.20 Å². The number of anilines is 1. The molecule has 2 aromatic heterocycles. The number of nitrogens with one attached hydrogen (secondary N) is 1. The van der Waals surface area contributed by atoms with E-state index in [2.05, 4.69) is 34.5 Å². The lowest BCUT2D eigenvalue weighted by Gasteiger charge is -2.10. The fourth-order valence-electron chi connectivity index (χ4n) is 1.68.